The van der Waals surface area contributed by atoms with Gasteiger partial charge in [-0.1, -0.05) is 12.1 Å². The molecule has 23 heavy (non-hydrogen) atoms. The lowest BCUT2D eigenvalue weighted by molar-refractivity contribution is -0.123. The first-order valence-electron chi connectivity index (χ1n) is 8.11. The second-order valence-corrected chi connectivity index (χ2v) is 5.79. The summed E-state index contributed by atoms with van der Waals surface area (Å²) in [5, 5.41) is 6.31. The lowest BCUT2D eigenvalue weighted by Crippen LogP contribution is -2.52. The van der Waals surface area contributed by atoms with E-state index in [0.29, 0.717) is 32.3 Å². The number of hydrogen-bond donors (Lipinski definition) is 2. The molecule has 1 fully saturated rings. The molecule has 6 nitrogen and oxygen atoms in total. The normalized spacial score (nSPS) is 18.6. The van der Waals surface area contributed by atoms with Crippen LogP contribution in [-0.4, -0.2) is 63.4 Å². The summed E-state index contributed by atoms with van der Waals surface area (Å²) in [7, 11) is 1.65. The predicted molar refractivity (Wildman–Crippen MR) is 89.6 cm³/mol. The summed E-state index contributed by atoms with van der Waals surface area (Å²) in [6.45, 7) is 6.98. The van der Waals surface area contributed by atoms with E-state index in [1.54, 1.807) is 7.11 Å². The number of nitrogens with zero attached hydrogens (tertiary/aromatic N) is 1. The minimum absolute atomic E-state index is 0.0597. The first kappa shape index (κ1) is 17.7. The van der Waals surface area contributed by atoms with Gasteiger partial charge in [0, 0.05) is 39.3 Å². The van der Waals surface area contributed by atoms with Crippen molar-refractivity contribution in [1.29, 1.82) is 0 Å². The molecule has 0 saturated carbocycles. The van der Waals surface area contributed by atoms with Crippen molar-refractivity contribution in [3.05, 3.63) is 29.8 Å². The van der Waals surface area contributed by atoms with Crippen molar-refractivity contribution in [2.75, 3.05) is 46.5 Å². The first-order chi connectivity index (χ1) is 11.2. The van der Waals surface area contributed by atoms with E-state index in [-0.39, 0.29) is 5.91 Å². The smallest absolute Gasteiger partial charge is 0.234 e. The zero-order valence-electron chi connectivity index (χ0n) is 14.0. The molecule has 0 aliphatic carbocycles. The van der Waals surface area contributed by atoms with Gasteiger partial charge in [0.25, 0.3) is 0 Å². The van der Waals surface area contributed by atoms with Crippen LogP contribution in [0.3, 0.4) is 0 Å². The molecule has 0 radical (unpaired) electrons. The fourth-order valence-electron chi connectivity index (χ4n) is 2.55. The first-order valence-corrected chi connectivity index (χ1v) is 8.11. The van der Waals surface area contributed by atoms with Gasteiger partial charge in [0.2, 0.25) is 5.91 Å². The minimum Gasteiger partial charge on any atom is -0.491 e. The van der Waals surface area contributed by atoms with Crippen LogP contribution in [0.15, 0.2) is 24.3 Å². The van der Waals surface area contributed by atoms with Crippen LogP contribution >= 0.6 is 0 Å². The molecule has 1 atom stereocenters. The summed E-state index contributed by atoms with van der Waals surface area (Å²) >= 11 is 0. The van der Waals surface area contributed by atoms with Crippen LogP contribution in [0.2, 0.25) is 0 Å². The van der Waals surface area contributed by atoms with E-state index >= 15 is 0 Å². The largest absolute Gasteiger partial charge is 0.491 e. The Labute approximate surface area is 138 Å². The van der Waals surface area contributed by atoms with E-state index in [4.69, 9.17) is 9.47 Å². The van der Waals surface area contributed by atoms with Crippen molar-refractivity contribution in [3.8, 4) is 5.75 Å². The van der Waals surface area contributed by atoms with Crippen molar-refractivity contribution < 1.29 is 14.3 Å². The lowest BCUT2D eigenvalue weighted by Gasteiger charge is -2.33. The number of hydrogen-bond acceptors (Lipinski definition) is 5. The van der Waals surface area contributed by atoms with Crippen LogP contribution in [0, 0.1) is 0 Å². The second-order valence-electron chi connectivity index (χ2n) is 5.79. The Bertz CT molecular complexity index is 496. The van der Waals surface area contributed by atoms with Crippen LogP contribution in [0.5, 0.6) is 5.75 Å². The number of nitrogens with one attached hydrogen (secondary N) is 2. The topological polar surface area (TPSA) is 62.8 Å². The molecule has 2 N–H and O–H groups in total. The molecule has 0 aromatic heterocycles. The van der Waals surface area contributed by atoms with Gasteiger partial charge in [0.05, 0.1) is 13.2 Å². The molecule has 0 spiro atoms. The summed E-state index contributed by atoms with van der Waals surface area (Å²) in [6.07, 6.45) is 0. The summed E-state index contributed by atoms with van der Waals surface area (Å²) in [5.74, 6) is 0.856. The summed E-state index contributed by atoms with van der Waals surface area (Å²) in [4.78, 5) is 14.3. The van der Waals surface area contributed by atoms with Gasteiger partial charge in [0.1, 0.15) is 12.4 Å². The van der Waals surface area contributed by atoms with E-state index in [9.17, 15) is 4.79 Å². The Kier molecular flexibility index (Phi) is 7.32. The van der Waals surface area contributed by atoms with Gasteiger partial charge in [-0.25, -0.2) is 0 Å². The average Bonchev–Trinajstić information content (AvgIpc) is 2.56. The summed E-state index contributed by atoms with van der Waals surface area (Å²) < 4.78 is 10.5. The number of methoxy groups -OCH3 is 1. The van der Waals surface area contributed by atoms with E-state index in [2.05, 4.69) is 22.5 Å². The molecule has 0 unspecified atom stereocenters. The van der Waals surface area contributed by atoms with Crippen LogP contribution in [0.25, 0.3) is 0 Å². The number of amides is 1. The molecule has 6 heteroatoms. The average molecular weight is 321 g/mol. The van der Waals surface area contributed by atoms with Crippen molar-refractivity contribution >= 4 is 5.91 Å². The van der Waals surface area contributed by atoms with Crippen LogP contribution in [-0.2, 0) is 16.1 Å². The van der Waals surface area contributed by atoms with Crippen molar-refractivity contribution in [3.63, 3.8) is 0 Å². The zero-order valence-corrected chi connectivity index (χ0v) is 14.0. The number of piperazine rings is 1. The van der Waals surface area contributed by atoms with Crippen LogP contribution in [0.1, 0.15) is 12.5 Å². The van der Waals surface area contributed by atoms with Gasteiger partial charge in [0.15, 0.2) is 0 Å². The summed E-state index contributed by atoms with van der Waals surface area (Å²) in [6, 6.07) is 8.16. The van der Waals surface area contributed by atoms with Gasteiger partial charge in [-0.15, -0.1) is 0 Å². The Morgan fingerprint density at radius 3 is 3.09 bits per heavy atom. The van der Waals surface area contributed by atoms with Crippen molar-refractivity contribution in [2.45, 2.75) is 19.5 Å². The number of carbonyl (C=O) groups excluding carboxylic acids is 1. The molecule has 0 bridgehead atoms. The maximum absolute atomic E-state index is 12.1. The summed E-state index contributed by atoms with van der Waals surface area (Å²) in [5.41, 5.74) is 1.03. The Hall–Kier alpha value is -1.63. The molecule has 2 rings (SSSR count). The van der Waals surface area contributed by atoms with E-state index in [1.807, 2.05) is 24.3 Å². The van der Waals surface area contributed by atoms with E-state index < -0.39 is 0 Å². The molecule has 1 heterocycles. The third-order valence-corrected chi connectivity index (χ3v) is 3.93. The predicted octanol–water partition coefficient (Wildman–Crippen LogP) is 0.622. The molecule has 128 valence electrons. The maximum atomic E-state index is 12.1. The van der Waals surface area contributed by atoms with Gasteiger partial charge in [-0.3, -0.25) is 9.69 Å². The molecule has 1 saturated heterocycles. The molecule has 1 aliphatic rings. The lowest BCUT2D eigenvalue weighted by atomic mass is 10.2. The molecule has 1 aromatic carbocycles. The van der Waals surface area contributed by atoms with Crippen LogP contribution < -0.4 is 15.4 Å². The molecular formula is C17H27N3O3. The van der Waals surface area contributed by atoms with E-state index in [1.165, 1.54) is 0 Å². The fourth-order valence-corrected chi connectivity index (χ4v) is 2.55. The molecular weight excluding hydrogens is 294 g/mol. The van der Waals surface area contributed by atoms with Gasteiger partial charge < -0.3 is 20.1 Å². The highest BCUT2D eigenvalue weighted by atomic mass is 16.5. The highest BCUT2D eigenvalue weighted by molar-refractivity contribution is 5.78. The SMILES string of the molecule is COCCOc1cccc(CNC(=O)CN2CCNC[C@@H]2C)c1. The minimum atomic E-state index is 0.0597. The third-order valence-electron chi connectivity index (χ3n) is 3.93. The maximum Gasteiger partial charge on any atom is 0.234 e. The Morgan fingerprint density at radius 2 is 2.30 bits per heavy atom. The zero-order chi connectivity index (χ0) is 16.5. The standard InChI is InChI=1S/C17H27N3O3/c1-14-11-18-6-7-20(14)13-17(21)19-12-15-4-3-5-16(10-15)23-9-8-22-2/h3-5,10,14,18H,6-9,11-13H2,1-2H3,(H,19,21)/t14-/m0/s1. The fraction of sp³-hybridized carbons (Fsp3) is 0.588. The molecule has 1 aliphatic heterocycles. The van der Waals surface area contributed by atoms with Crippen molar-refractivity contribution in [2.24, 2.45) is 0 Å². The van der Waals surface area contributed by atoms with E-state index in [0.717, 1.165) is 30.9 Å². The number of benzene rings is 1. The van der Waals surface area contributed by atoms with Crippen LogP contribution in [0.4, 0.5) is 0 Å². The number of ether oxygens (including phenoxy) is 2. The number of carbonyl (C=O) groups is 1. The van der Waals surface area contributed by atoms with Gasteiger partial charge >= 0.3 is 0 Å². The highest BCUT2D eigenvalue weighted by Crippen LogP contribution is 2.13. The number of rotatable bonds is 8. The Morgan fingerprint density at radius 1 is 1.43 bits per heavy atom. The monoisotopic (exact) mass is 321 g/mol. The van der Waals surface area contributed by atoms with Gasteiger partial charge in [-0.05, 0) is 24.6 Å². The second kappa shape index (κ2) is 9.50. The Balaban J connectivity index is 1.76. The molecule has 1 aromatic rings. The highest BCUT2D eigenvalue weighted by Gasteiger charge is 2.19. The third kappa shape index (κ3) is 6.17. The quantitative estimate of drug-likeness (QED) is 0.688. The molecule has 1 amide bonds. The van der Waals surface area contributed by atoms with Crippen molar-refractivity contribution in [1.82, 2.24) is 15.5 Å². The van der Waals surface area contributed by atoms with Gasteiger partial charge in [-0.2, -0.15) is 0 Å².